The van der Waals surface area contributed by atoms with Crippen molar-refractivity contribution in [2.45, 2.75) is 29.4 Å². The molecule has 0 N–H and O–H groups in total. The van der Waals surface area contributed by atoms with Gasteiger partial charge >= 0.3 is 0 Å². The van der Waals surface area contributed by atoms with Gasteiger partial charge in [0.25, 0.3) is 0 Å². The first-order valence-electron chi connectivity index (χ1n) is 21.0. The summed E-state index contributed by atoms with van der Waals surface area (Å²) in [7, 11) is 0. The molecule has 9 aromatic carbocycles. The number of fused-ring (bicyclic) bond motifs is 12. The van der Waals surface area contributed by atoms with E-state index in [-0.39, 0.29) is 20.1 Å². The molecule has 0 spiro atoms. The number of hydrogen-bond donors (Lipinski definition) is 0. The van der Waals surface area contributed by atoms with Crippen LogP contribution in [0.2, 0.25) is 0 Å². The van der Waals surface area contributed by atoms with Gasteiger partial charge in [0.1, 0.15) is 0 Å². The third kappa shape index (κ3) is 5.50. The molecule has 0 atom stereocenters. The van der Waals surface area contributed by atoms with Crippen LogP contribution in [0.4, 0.5) is 0 Å². The molecular formula is C54H34B3NS3. The van der Waals surface area contributed by atoms with Crippen LogP contribution in [0.1, 0.15) is 0 Å². The van der Waals surface area contributed by atoms with Crippen molar-refractivity contribution in [3.05, 3.63) is 206 Å². The summed E-state index contributed by atoms with van der Waals surface area (Å²) < 4.78 is 2.47. The Hall–Kier alpha value is -5.98. The van der Waals surface area contributed by atoms with E-state index in [2.05, 4.69) is 211 Å². The van der Waals surface area contributed by atoms with E-state index < -0.39 is 0 Å². The fourth-order valence-electron chi connectivity index (χ4n) is 10.5. The molecule has 0 saturated heterocycles. The van der Waals surface area contributed by atoms with Gasteiger partial charge in [-0.2, -0.15) is 0 Å². The average molecular weight is 826 g/mol. The molecule has 0 bridgehead atoms. The Morgan fingerprint density at radius 1 is 0.311 bits per heavy atom. The van der Waals surface area contributed by atoms with Crippen molar-refractivity contribution in [1.29, 1.82) is 0 Å². The molecular weight excluding hydrogens is 791 g/mol. The van der Waals surface area contributed by atoms with Crippen LogP contribution in [0.25, 0.3) is 27.5 Å². The number of nitrogens with zero attached hydrogens (tertiary/aromatic N) is 1. The molecule has 0 fully saturated rings. The predicted octanol–water partition coefficient (Wildman–Crippen LogP) is 7.73. The Balaban J connectivity index is 1.15. The summed E-state index contributed by atoms with van der Waals surface area (Å²) in [4.78, 5) is 8.26. The SMILES string of the molecule is c1ccc(B2c3ccccc3Sc3c2c2c(c4c3B(c3cccc(-n5c6ccccc6c6ccccc65)c3)c3ccccc3S4)B(c3ccccc3)c3ccccc3S2)cc1. The molecule has 0 radical (unpaired) electrons. The highest BCUT2D eigenvalue weighted by molar-refractivity contribution is 8.02. The third-order valence-electron chi connectivity index (χ3n) is 13.0. The minimum absolute atomic E-state index is 0.00678. The van der Waals surface area contributed by atoms with E-state index in [1.165, 1.54) is 106 Å². The summed E-state index contributed by atoms with van der Waals surface area (Å²) in [5.41, 5.74) is 16.1. The second-order valence-electron chi connectivity index (χ2n) is 16.2. The summed E-state index contributed by atoms with van der Waals surface area (Å²) in [6.45, 7) is 0.162. The molecule has 3 aliphatic heterocycles. The molecule has 61 heavy (non-hydrogen) atoms. The highest BCUT2D eigenvalue weighted by atomic mass is 32.2. The maximum Gasteiger partial charge on any atom is 0.245 e. The Labute approximate surface area is 369 Å². The minimum Gasteiger partial charge on any atom is -0.309 e. The molecule has 13 rings (SSSR count). The smallest absolute Gasteiger partial charge is 0.245 e. The predicted molar refractivity (Wildman–Crippen MR) is 266 cm³/mol. The van der Waals surface area contributed by atoms with Crippen LogP contribution in [0.15, 0.2) is 236 Å². The summed E-state index contributed by atoms with van der Waals surface area (Å²) >= 11 is 5.98. The normalized spacial score (nSPS) is 13.6. The van der Waals surface area contributed by atoms with E-state index in [1.54, 1.807) is 0 Å². The van der Waals surface area contributed by atoms with Crippen LogP contribution in [-0.2, 0) is 0 Å². The van der Waals surface area contributed by atoms with Gasteiger partial charge in [-0.15, -0.1) is 0 Å². The van der Waals surface area contributed by atoms with Gasteiger partial charge in [-0.1, -0.05) is 232 Å². The van der Waals surface area contributed by atoms with Crippen LogP contribution in [0.3, 0.4) is 0 Å². The quantitative estimate of drug-likeness (QED) is 0.168. The van der Waals surface area contributed by atoms with Crippen LogP contribution < -0.4 is 49.2 Å². The Morgan fingerprint density at radius 3 is 1.13 bits per heavy atom. The lowest BCUT2D eigenvalue weighted by Gasteiger charge is -2.40. The zero-order valence-electron chi connectivity index (χ0n) is 33.0. The Bertz CT molecular complexity index is 3250. The molecule has 10 aromatic rings. The van der Waals surface area contributed by atoms with Gasteiger partial charge in [0.2, 0.25) is 20.1 Å². The van der Waals surface area contributed by atoms with Gasteiger partial charge in [-0.25, -0.2) is 0 Å². The van der Waals surface area contributed by atoms with Gasteiger partial charge < -0.3 is 4.57 Å². The monoisotopic (exact) mass is 825 g/mol. The summed E-state index contributed by atoms with van der Waals surface area (Å²) in [5, 5.41) is 2.56. The Kier molecular flexibility index (Phi) is 8.39. The maximum absolute atomic E-state index is 2.49. The molecule has 0 saturated carbocycles. The van der Waals surface area contributed by atoms with Gasteiger partial charge in [-0.05, 0) is 58.9 Å². The lowest BCUT2D eigenvalue weighted by molar-refractivity contribution is 1.18. The number of rotatable bonds is 4. The Morgan fingerprint density at radius 2 is 0.672 bits per heavy atom. The first-order valence-corrected chi connectivity index (χ1v) is 23.5. The molecule has 3 aliphatic rings. The van der Waals surface area contributed by atoms with E-state index in [1.807, 2.05) is 35.3 Å². The molecule has 0 aliphatic carbocycles. The van der Waals surface area contributed by atoms with Crippen LogP contribution >= 0.6 is 35.3 Å². The van der Waals surface area contributed by atoms with Crippen molar-refractivity contribution in [2.75, 3.05) is 0 Å². The van der Waals surface area contributed by atoms with Gasteiger partial charge in [-0.3, -0.25) is 0 Å². The van der Waals surface area contributed by atoms with Crippen molar-refractivity contribution < 1.29 is 0 Å². The van der Waals surface area contributed by atoms with E-state index >= 15 is 0 Å². The summed E-state index contributed by atoms with van der Waals surface area (Å²) in [5.74, 6) is 0. The van der Waals surface area contributed by atoms with Crippen molar-refractivity contribution in [3.63, 3.8) is 0 Å². The zero-order valence-corrected chi connectivity index (χ0v) is 35.5. The molecule has 1 aromatic heterocycles. The first kappa shape index (κ1) is 35.7. The lowest BCUT2D eigenvalue weighted by Crippen LogP contribution is -2.67. The fourth-order valence-corrected chi connectivity index (χ4v) is 14.7. The topological polar surface area (TPSA) is 4.93 Å². The third-order valence-corrected chi connectivity index (χ3v) is 16.7. The second-order valence-corrected chi connectivity index (χ2v) is 19.4. The van der Waals surface area contributed by atoms with Crippen molar-refractivity contribution >= 4 is 126 Å². The van der Waals surface area contributed by atoms with Crippen molar-refractivity contribution in [2.24, 2.45) is 0 Å². The molecule has 0 amide bonds. The van der Waals surface area contributed by atoms with Crippen LogP contribution in [0, 0.1) is 0 Å². The first-order chi connectivity index (χ1) is 30.3. The molecule has 282 valence electrons. The zero-order chi connectivity index (χ0) is 40.0. The van der Waals surface area contributed by atoms with Crippen molar-refractivity contribution in [1.82, 2.24) is 4.57 Å². The van der Waals surface area contributed by atoms with Crippen molar-refractivity contribution in [3.8, 4) is 5.69 Å². The number of aromatic nitrogens is 1. The number of benzene rings is 9. The van der Waals surface area contributed by atoms with E-state index in [9.17, 15) is 0 Å². The second kappa shape index (κ2) is 14.3. The lowest BCUT2D eigenvalue weighted by atomic mass is 9.30. The van der Waals surface area contributed by atoms with Gasteiger partial charge in [0.05, 0.1) is 11.0 Å². The van der Waals surface area contributed by atoms with Gasteiger partial charge in [0.15, 0.2) is 0 Å². The minimum atomic E-state index is 0.00678. The summed E-state index contributed by atoms with van der Waals surface area (Å²) in [6, 6.07) is 77.3. The highest BCUT2D eigenvalue weighted by Gasteiger charge is 2.46. The van der Waals surface area contributed by atoms with Crippen LogP contribution in [-0.4, -0.2) is 24.7 Å². The van der Waals surface area contributed by atoms with Crippen LogP contribution in [0.5, 0.6) is 0 Å². The largest absolute Gasteiger partial charge is 0.309 e. The number of para-hydroxylation sites is 2. The summed E-state index contributed by atoms with van der Waals surface area (Å²) in [6.07, 6.45) is 0. The van der Waals surface area contributed by atoms with Gasteiger partial charge in [0, 0.05) is 45.8 Å². The molecule has 7 heteroatoms. The fraction of sp³-hybridized carbons (Fsp3) is 0. The molecule has 0 unspecified atom stereocenters. The average Bonchev–Trinajstić information content (AvgIpc) is 3.67. The van der Waals surface area contributed by atoms with E-state index in [4.69, 9.17) is 0 Å². The maximum atomic E-state index is 2.49. The standard InChI is InChI=1S/C54H34B3NS3/c1-3-18-35(19-4-1)55-41-26-9-14-31-46(41)59-52-49-53(60-47-32-15-10-27-42(47)56(49)36-20-5-2-6-21-36)51-54(50(52)55)61-48-33-16-11-28-43(48)57(51)37-22-17-23-38(34-37)58-44-29-12-7-24-39(44)40-25-8-13-30-45(40)58/h1-34H. The molecule has 4 heterocycles. The van der Waals surface area contributed by atoms with E-state index in [0.717, 1.165) is 0 Å². The van der Waals surface area contributed by atoms with E-state index in [0.29, 0.717) is 0 Å². The highest BCUT2D eigenvalue weighted by Crippen LogP contribution is 2.42. The molecule has 1 nitrogen and oxygen atoms in total. The number of hydrogen-bond acceptors (Lipinski definition) is 3.